The Morgan fingerprint density at radius 1 is 0.818 bits per heavy atom. The summed E-state index contributed by atoms with van der Waals surface area (Å²) in [5.41, 5.74) is 0.771. The molecule has 0 aliphatic heterocycles. The summed E-state index contributed by atoms with van der Waals surface area (Å²) in [5, 5.41) is 2.37. The third-order valence-corrected chi connectivity index (χ3v) is 3.63. The first-order valence-corrected chi connectivity index (χ1v) is 7.53. The van der Waals surface area contributed by atoms with Crippen molar-refractivity contribution in [3.8, 4) is 5.75 Å². The Morgan fingerprint density at radius 3 is 2.36 bits per heavy atom. The van der Waals surface area contributed by atoms with Crippen molar-refractivity contribution in [1.29, 1.82) is 0 Å². The zero-order chi connectivity index (χ0) is 15.2. The molecule has 0 saturated carbocycles. The van der Waals surface area contributed by atoms with E-state index in [1.807, 2.05) is 54.6 Å². The van der Waals surface area contributed by atoms with Gasteiger partial charge in [-0.2, -0.15) is 0 Å². The topological polar surface area (TPSA) is 26.3 Å². The van der Waals surface area contributed by atoms with Crippen LogP contribution in [0.15, 0.2) is 72.8 Å². The third-order valence-electron chi connectivity index (χ3n) is 3.63. The standard InChI is InChI=1S/C20H18O2/c21-20(17-8-2-1-3-9-17)11-6-14-22-19-13-12-16-7-4-5-10-18(16)15-19/h1-5,7-10,12-13,15H,6,11,14H2. The number of Topliss-reactive ketones (excluding diaryl/α,β-unsaturated/α-hetero) is 1. The molecule has 2 nitrogen and oxygen atoms in total. The Bertz CT molecular complexity index is 763. The largest absolute Gasteiger partial charge is 0.494 e. The van der Waals surface area contributed by atoms with E-state index in [9.17, 15) is 4.79 Å². The number of rotatable bonds is 6. The summed E-state index contributed by atoms with van der Waals surface area (Å²) in [6.45, 7) is 0.552. The predicted octanol–water partition coefficient (Wildman–Crippen LogP) is 4.88. The van der Waals surface area contributed by atoms with Crippen molar-refractivity contribution in [3.63, 3.8) is 0 Å². The SMILES string of the molecule is O=C(CCCOc1ccc2ccccc2c1)c1ccccc1. The van der Waals surface area contributed by atoms with E-state index in [0.29, 0.717) is 13.0 Å². The summed E-state index contributed by atoms with van der Waals surface area (Å²) in [6, 6.07) is 23.7. The first-order chi connectivity index (χ1) is 10.8. The number of hydrogen-bond donors (Lipinski definition) is 0. The Hall–Kier alpha value is -2.61. The lowest BCUT2D eigenvalue weighted by atomic mass is 10.1. The molecule has 2 heteroatoms. The molecule has 0 amide bonds. The average Bonchev–Trinajstić information content (AvgIpc) is 2.59. The highest BCUT2D eigenvalue weighted by atomic mass is 16.5. The van der Waals surface area contributed by atoms with Crippen molar-refractivity contribution in [2.45, 2.75) is 12.8 Å². The van der Waals surface area contributed by atoms with Crippen LogP contribution in [0.4, 0.5) is 0 Å². The summed E-state index contributed by atoms with van der Waals surface area (Å²) in [5.74, 6) is 1.02. The number of hydrogen-bond acceptors (Lipinski definition) is 2. The van der Waals surface area contributed by atoms with E-state index in [1.54, 1.807) is 0 Å². The second-order valence-electron chi connectivity index (χ2n) is 5.25. The molecule has 0 spiro atoms. The van der Waals surface area contributed by atoms with Gasteiger partial charge in [0.15, 0.2) is 5.78 Å². The van der Waals surface area contributed by atoms with Crippen LogP contribution in [0.25, 0.3) is 10.8 Å². The molecule has 0 bridgehead atoms. The van der Waals surface area contributed by atoms with Gasteiger partial charge < -0.3 is 4.74 Å². The molecule has 22 heavy (non-hydrogen) atoms. The van der Waals surface area contributed by atoms with E-state index in [4.69, 9.17) is 4.74 Å². The van der Waals surface area contributed by atoms with Crippen LogP contribution in [0.3, 0.4) is 0 Å². The van der Waals surface area contributed by atoms with Crippen molar-refractivity contribution in [2.75, 3.05) is 6.61 Å². The van der Waals surface area contributed by atoms with Gasteiger partial charge in [-0.3, -0.25) is 4.79 Å². The van der Waals surface area contributed by atoms with Crippen LogP contribution >= 0.6 is 0 Å². The van der Waals surface area contributed by atoms with Crippen molar-refractivity contribution in [3.05, 3.63) is 78.4 Å². The smallest absolute Gasteiger partial charge is 0.163 e. The number of benzene rings is 3. The van der Waals surface area contributed by atoms with Gasteiger partial charge in [-0.1, -0.05) is 60.7 Å². The van der Waals surface area contributed by atoms with Gasteiger partial charge in [0.05, 0.1) is 6.61 Å². The zero-order valence-corrected chi connectivity index (χ0v) is 12.4. The van der Waals surface area contributed by atoms with E-state index in [1.165, 1.54) is 10.8 Å². The number of carbonyl (C=O) groups is 1. The van der Waals surface area contributed by atoms with Gasteiger partial charge in [0.2, 0.25) is 0 Å². The molecule has 3 rings (SSSR count). The predicted molar refractivity (Wildman–Crippen MR) is 89.4 cm³/mol. The van der Waals surface area contributed by atoms with Crippen LogP contribution in [0.5, 0.6) is 5.75 Å². The Labute approximate surface area is 130 Å². The summed E-state index contributed by atoms with van der Waals surface area (Å²) in [4.78, 5) is 12.0. The van der Waals surface area contributed by atoms with E-state index in [-0.39, 0.29) is 5.78 Å². The van der Waals surface area contributed by atoms with E-state index in [0.717, 1.165) is 17.7 Å². The van der Waals surface area contributed by atoms with Crippen LogP contribution in [-0.4, -0.2) is 12.4 Å². The molecule has 0 heterocycles. The average molecular weight is 290 g/mol. The maximum atomic E-state index is 12.0. The van der Waals surface area contributed by atoms with Gasteiger partial charge in [0.1, 0.15) is 5.75 Å². The second kappa shape index (κ2) is 6.90. The van der Waals surface area contributed by atoms with Gasteiger partial charge in [-0.05, 0) is 29.3 Å². The quantitative estimate of drug-likeness (QED) is 0.477. The van der Waals surface area contributed by atoms with Gasteiger partial charge in [-0.25, -0.2) is 0 Å². The molecule has 3 aromatic carbocycles. The molecule has 0 radical (unpaired) electrons. The molecule has 0 unspecified atom stereocenters. The summed E-state index contributed by atoms with van der Waals surface area (Å²) >= 11 is 0. The number of fused-ring (bicyclic) bond motifs is 1. The lowest BCUT2D eigenvalue weighted by molar-refractivity contribution is 0.0973. The van der Waals surface area contributed by atoms with Gasteiger partial charge in [0, 0.05) is 12.0 Å². The van der Waals surface area contributed by atoms with Crippen LogP contribution in [-0.2, 0) is 0 Å². The maximum Gasteiger partial charge on any atom is 0.163 e. The van der Waals surface area contributed by atoms with E-state index < -0.39 is 0 Å². The fourth-order valence-electron chi connectivity index (χ4n) is 2.45. The first-order valence-electron chi connectivity index (χ1n) is 7.53. The fourth-order valence-corrected chi connectivity index (χ4v) is 2.45. The summed E-state index contributed by atoms with van der Waals surface area (Å²) < 4.78 is 5.75. The van der Waals surface area contributed by atoms with Crippen LogP contribution < -0.4 is 4.74 Å². The molecule has 0 atom stereocenters. The molecule has 0 aliphatic carbocycles. The van der Waals surface area contributed by atoms with Crippen LogP contribution in [0.1, 0.15) is 23.2 Å². The van der Waals surface area contributed by atoms with Crippen molar-refractivity contribution < 1.29 is 9.53 Å². The van der Waals surface area contributed by atoms with Crippen LogP contribution in [0.2, 0.25) is 0 Å². The number of carbonyl (C=O) groups excluding carboxylic acids is 1. The van der Waals surface area contributed by atoms with Crippen molar-refractivity contribution in [1.82, 2.24) is 0 Å². The lowest BCUT2D eigenvalue weighted by Crippen LogP contribution is -2.03. The fraction of sp³-hybridized carbons (Fsp3) is 0.150. The maximum absolute atomic E-state index is 12.0. The molecule has 110 valence electrons. The molecule has 0 aliphatic rings. The summed E-state index contributed by atoms with van der Waals surface area (Å²) in [7, 11) is 0. The highest BCUT2D eigenvalue weighted by molar-refractivity contribution is 5.95. The van der Waals surface area contributed by atoms with Crippen molar-refractivity contribution >= 4 is 16.6 Å². The van der Waals surface area contributed by atoms with E-state index >= 15 is 0 Å². The van der Waals surface area contributed by atoms with E-state index in [2.05, 4.69) is 18.2 Å². The molecule has 0 fully saturated rings. The Balaban J connectivity index is 1.51. The molecular formula is C20H18O2. The minimum Gasteiger partial charge on any atom is -0.494 e. The van der Waals surface area contributed by atoms with Gasteiger partial charge in [0.25, 0.3) is 0 Å². The third kappa shape index (κ3) is 3.53. The molecule has 0 aromatic heterocycles. The highest BCUT2D eigenvalue weighted by Gasteiger charge is 2.04. The molecule has 0 N–H and O–H groups in total. The zero-order valence-electron chi connectivity index (χ0n) is 12.4. The van der Waals surface area contributed by atoms with Crippen molar-refractivity contribution in [2.24, 2.45) is 0 Å². The minimum atomic E-state index is 0.169. The molecular weight excluding hydrogens is 272 g/mol. The molecule has 3 aromatic rings. The first kappa shape index (κ1) is 14.3. The molecule has 0 saturated heterocycles. The number of ketones is 1. The van der Waals surface area contributed by atoms with Gasteiger partial charge >= 0.3 is 0 Å². The Kier molecular flexibility index (Phi) is 4.50. The summed E-state index contributed by atoms with van der Waals surface area (Å²) in [6.07, 6.45) is 1.23. The minimum absolute atomic E-state index is 0.169. The second-order valence-corrected chi connectivity index (χ2v) is 5.25. The number of ether oxygens (including phenoxy) is 1. The highest BCUT2D eigenvalue weighted by Crippen LogP contribution is 2.20. The monoisotopic (exact) mass is 290 g/mol. The lowest BCUT2D eigenvalue weighted by Gasteiger charge is -2.07. The van der Waals surface area contributed by atoms with Gasteiger partial charge in [-0.15, -0.1) is 0 Å². The normalized spacial score (nSPS) is 10.5. The Morgan fingerprint density at radius 2 is 1.55 bits per heavy atom. The van der Waals surface area contributed by atoms with Crippen LogP contribution in [0, 0.1) is 0 Å².